The van der Waals surface area contributed by atoms with Crippen molar-refractivity contribution in [3.8, 4) is 5.75 Å². The van der Waals surface area contributed by atoms with Gasteiger partial charge in [-0.15, -0.1) is 0 Å². The monoisotopic (exact) mass is 396 g/mol. The molecule has 29 heavy (non-hydrogen) atoms. The highest BCUT2D eigenvalue weighted by Gasteiger charge is 2.13. The van der Waals surface area contributed by atoms with E-state index in [4.69, 9.17) is 9.47 Å². The van der Waals surface area contributed by atoms with Gasteiger partial charge in [-0.2, -0.15) is 0 Å². The van der Waals surface area contributed by atoms with Crippen molar-refractivity contribution in [3.05, 3.63) is 71.3 Å². The molecule has 6 heteroatoms. The zero-order chi connectivity index (χ0) is 21.1. The standard InChI is InChI=1S/C23H28N2O4/c1-4-29-16-20-7-5-19(6-8-20)15-24-23(27)17(2)25-22(26)14-11-18-9-12-21(28-3)13-10-18/h5-14,17H,4,15-16H2,1-3H3,(H,24,27)(H,25,26)/b14-11+. The minimum atomic E-state index is -0.639. The summed E-state index contributed by atoms with van der Waals surface area (Å²) in [5.41, 5.74) is 2.94. The van der Waals surface area contributed by atoms with Crippen LogP contribution in [-0.4, -0.2) is 31.6 Å². The second kappa shape index (κ2) is 11.7. The van der Waals surface area contributed by atoms with Crippen molar-refractivity contribution in [2.75, 3.05) is 13.7 Å². The van der Waals surface area contributed by atoms with Crippen molar-refractivity contribution in [2.45, 2.75) is 33.0 Å². The number of carbonyl (C=O) groups is 2. The van der Waals surface area contributed by atoms with Gasteiger partial charge in [0, 0.05) is 19.2 Å². The molecule has 2 N–H and O–H groups in total. The third-order valence-corrected chi connectivity index (χ3v) is 4.26. The fraction of sp³-hybridized carbons (Fsp3) is 0.304. The van der Waals surface area contributed by atoms with Crippen molar-refractivity contribution in [1.29, 1.82) is 0 Å². The summed E-state index contributed by atoms with van der Waals surface area (Å²) in [5.74, 6) is 0.180. The third-order valence-electron chi connectivity index (χ3n) is 4.26. The largest absolute Gasteiger partial charge is 0.497 e. The van der Waals surface area contributed by atoms with Gasteiger partial charge in [-0.1, -0.05) is 36.4 Å². The molecule has 2 aromatic rings. The summed E-state index contributed by atoms with van der Waals surface area (Å²) < 4.78 is 10.5. The van der Waals surface area contributed by atoms with Gasteiger partial charge in [0.1, 0.15) is 11.8 Å². The minimum Gasteiger partial charge on any atom is -0.497 e. The number of hydrogen-bond donors (Lipinski definition) is 2. The Labute approximate surface area is 171 Å². The zero-order valence-corrected chi connectivity index (χ0v) is 17.1. The molecule has 0 aliphatic rings. The van der Waals surface area contributed by atoms with E-state index in [1.807, 2.05) is 55.5 Å². The van der Waals surface area contributed by atoms with Gasteiger partial charge in [0.15, 0.2) is 0 Å². The molecule has 2 aromatic carbocycles. The lowest BCUT2D eigenvalue weighted by Gasteiger charge is -2.13. The lowest BCUT2D eigenvalue weighted by atomic mass is 10.1. The van der Waals surface area contributed by atoms with Crippen LogP contribution < -0.4 is 15.4 Å². The summed E-state index contributed by atoms with van der Waals surface area (Å²) in [5, 5.41) is 5.49. The molecule has 154 valence electrons. The molecule has 0 aliphatic heterocycles. The molecule has 0 spiro atoms. The third kappa shape index (κ3) is 7.79. The van der Waals surface area contributed by atoms with Crippen LogP contribution in [0, 0.1) is 0 Å². The van der Waals surface area contributed by atoms with Gasteiger partial charge >= 0.3 is 0 Å². The number of ether oxygens (including phenoxy) is 2. The highest BCUT2D eigenvalue weighted by Crippen LogP contribution is 2.12. The van der Waals surface area contributed by atoms with Crippen LogP contribution in [-0.2, 0) is 27.5 Å². The van der Waals surface area contributed by atoms with Crippen LogP contribution in [0.15, 0.2) is 54.6 Å². The Kier molecular flexibility index (Phi) is 8.92. The predicted octanol–water partition coefficient (Wildman–Crippen LogP) is 3.07. The van der Waals surface area contributed by atoms with E-state index in [2.05, 4.69) is 10.6 Å². The van der Waals surface area contributed by atoms with Crippen molar-refractivity contribution in [3.63, 3.8) is 0 Å². The molecule has 0 aliphatic carbocycles. The van der Waals surface area contributed by atoms with Crippen molar-refractivity contribution < 1.29 is 19.1 Å². The van der Waals surface area contributed by atoms with Gasteiger partial charge in [-0.05, 0) is 48.7 Å². The van der Waals surface area contributed by atoms with E-state index in [0.29, 0.717) is 19.8 Å². The topological polar surface area (TPSA) is 76.7 Å². The highest BCUT2D eigenvalue weighted by molar-refractivity contribution is 5.95. The first-order valence-corrected chi connectivity index (χ1v) is 9.57. The Hall–Kier alpha value is -3.12. The SMILES string of the molecule is CCOCc1ccc(CNC(=O)C(C)NC(=O)/C=C/c2ccc(OC)cc2)cc1. The molecule has 0 bridgehead atoms. The lowest BCUT2D eigenvalue weighted by Crippen LogP contribution is -2.44. The van der Waals surface area contributed by atoms with Gasteiger partial charge in [-0.25, -0.2) is 0 Å². The first kappa shape index (κ1) is 22.2. The maximum Gasteiger partial charge on any atom is 0.244 e. The van der Waals surface area contributed by atoms with Gasteiger partial charge in [-0.3, -0.25) is 9.59 Å². The quantitative estimate of drug-likeness (QED) is 0.605. The predicted molar refractivity (Wildman–Crippen MR) is 113 cm³/mol. The van der Waals surface area contributed by atoms with E-state index in [9.17, 15) is 9.59 Å². The molecule has 0 heterocycles. The van der Waals surface area contributed by atoms with Gasteiger partial charge in [0.2, 0.25) is 11.8 Å². The molecular weight excluding hydrogens is 368 g/mol. The van der Waals surface area contributed by atoms with Crippen molar-refractivity contribution in [1.82, 2.24) is 10.6 Å². The molecule has 2 rings (SSSR count). The molecule has 0 saturated heterocycles. The molecule has 0 radical (unpaired) electrons. The van der Waals surface area contributed by atoms with Crippen LogP contribution in [0.1, 0.15) is 30.5 Å². The second-order valence-corrected chi connectivity index (χ2v) is 6.51. The molecule has 1 atom stereocenters. The molecule has 1 unspecified atom stereocenters. The molecule has 0 saturated carbocycles. The Bertz CT molecular complexity index is 814. The fourth-order valence-electron chi connectivity index (χ4n) is 2.53. The Balaban J connectivity index is 1.77. The lowest BCUT2D eigenvalue weighted by molar-refractivity contribution is -0.126. The zero-order valence-electron chi connectivity index (χ0n) is 17.1. The van der Waals surface area contributed by atoms with E-state index in [-0.39, 0.29) is 11.8 Å². The molecule has 6 nitrogen and oxygen atoms in total. The van der Waals surface area contributed by atoms with E-state index < -0.39 is 6.04 Å². The summed E-state index contributed by atoms with van der Waals surface area (Å²) in [6.45, 7) is 5.26. The number of carbonyl (C=O) groups excluding carboxylic acids is 2. The summed E-state index contributed by atoms with van der Waals surface area (Å²) in [6, 6.07) is 14.6. The van der Waals surface area contributed by atoms with Gasteiger partial charge in [0.05, 0.1) is 13.7 Å². The Morgan fingerprint density at radius 2 is 1.69 bits per heavy atom. The Morgan fingerprint density at radius 3 is 2.31 bits per heavy atom. The van der Waals surface area contributed by atoms with E-state index in [0.717, 1.165) is 22.4 Å². The summed E-state index contributed by atoms with van der Waals surface area (Å²) in [7, 11) is 1.60. The number of rotatable bonds is 10. The maximum absolute atomic E-state index is 12.2. The Morgan fingerprint density at radius 1 is 1.03 bits per heavy atom. The first-order chi connectivity index (χ1) is 14.0. The van der Waals surface area contributed by atoms with E-state index in [1.165, 1.54) is 6.08 Å². The van der Waals surface area contributed by atoms with Crippen LogP contribution in [0.4, 0.5) is 0 Å². The number of amides is 2. The summed E-state index contributed by atoms with van der Waals surface area (Å²) >= 11 is 0. The normalized spacial score (nSPS) is 11.8. The van der Waals surface area contributed by atoms with Crippen LogP contribution in [0.2, 0.25) is 0 Å². The van der Waals surface area contributed by atoms with Crippen LogP contribution in [0.25, 0.3) is 6.08 Å². The van der Waals surface area contributed by atoms with Gasteiger partial charge < -0.3 is 20.1 Å². The minimum absolute atomic E-state index is 0.241. The van der Waals surface area contributed by atoms with Crippen LogP contribution in [0.5, 0.6) is 5.75 Å². The van der Waals surface area contributed by atoms with Crippen molar-refractivity contribution in [2.24, 2.45) is 0 Å². The summed E-state index contributed by atoms with van der Waals surface area (Å²) in [6.07, 6.45) is 3.09. The average molecular weight is 396 g/mol. The second-order valence-electron chi connectivity index (χ2n) is 6.51. The van der Waals surface area contributed by atoms with E-state index in [1.54, 1.807) is 20.1 Å². The maximum atomic E-state index is 12.2. The highest BCUT2D eigenvalue weighted by atomic mass is 16.5. The average Bonchev–Trinajstić information content (AvgIpc) is 2.75. The van der Waals surface area contributed by atoms with Crippen LogP contribution in [0.3, 0.4) is 0 Å². The molecule has 0 aromatic heterocycles. The number of nitrogens with one attached hydrogen (secondary N) is 2. The fourth-order valence-corrected chi connectivity index (χ4v) is 2.53. The van der Waals surface area contributed by atoms with E-state index >= 15 is 0 Å². The molecule has 0 fully saturated rings. The summed E-state index contributed by atoms with van der Waals surface area (Å²) in [4.78, 5) is 24.3. The van der Waals surface area contributed by atoms with Gasteiger partial charge in [0.25, 0.3) is 0 Å². The molecular formula is C23H28N2O4. The first-order valence-electron chi connectivity index (χ1n) is 9.57. The van der Waals surface area contributed by atoms with Crippen LogP contribution >= 0.6 is 0 Å². The number of methoxy groups -OCH3 is 1. The molecule has 2 amide bonds. The number of benzene rings is 2. The number of hydrogen-bond acceptors (Lipinski definition) is 4. The van der Waals surface area contributed by atoms with Crippen molar-refractivity contribution >= 4 is 17.9 Å². The smallest absolute Gasteiger partial charge is 0.244 e.